The Hall–Kier alpha value is -1.40. The molecule has 4 fully saturated rings. The van der Waals surface area contributed by atoms with Gasteiger partial charge in [0.05, 0.1) is 5.41 Å². The highest BCUT2D eigenvalue weighted by molar-refractivity contribution is 5.88. The van der Waals surface area contributed by atoms with Gasteiger partial charge in [0.1, 0.15) is 0 Å². The van der Waals surface area contributed by atoms with Gasteiger partial charge in [-0.2, -0.15) is 0 Å². The Morgan fingerprint density at radius 1 is 1.03 bits per heavy atom. The van der Waals surface area contributed by atoms with Crippen LogP contribution >= 0.6 is 0 Å². The Bertz CT molecular complexity index is 683. The SMILES string of the molecule is CC(C)=CC[C@]1(C(=O)N2CCCN(C)CC2)C[C@H]2CC[C@@H]1N2C(=O)C1CCOCC1. The van der Waals surface area contributed by atoms with Crippen molar-refractivity contribution >= 4 is 11.8 Å². The predicted octanol–water partition coefficient (Wildman–Crippen LogP) is 2.68. The quantitative estimate of drug-likeness (QED) is 0.660. The average molecular weight is 418 g/mol. The van der Waals surface area contributed by atoms with Crippen LogP contribution in [0, 0.1) is 11.3 Å². The standard InChI is InChI=1S/C24H39N3O3/c1-18(2)7-10-24(23(29)26-12-4-11-25(3)13-14-26)17-20-5-6-21(24)27(20)22(28)19-8-15-30-16-9-19/h7,19-21H,4-6,8-17H2,1-3H3/t20-,21+,24+/m1/s1. The van der Waals surface area contributed by atoms with Crippen molar-refractivity contribution in [1.29, 1.82) is 0 Å². The molecule has 3 atom stereocenters. The molecule has 4 saturated heterocycles. The lowest BCUT2D eigenvalue weighted by molar-refractivity contribution is -0.146. The zero-order valence-electron chi connectivity index (χ0n) is 19.1. The second-order valence-corrected chi connectivity index (χ2v) is 10.2. The molecule has 0 spiro atoms. The largest absolute Gasteiger partial charge is 0.381 e. The number of ether oxygens (including phenoxy) is 1. The van der Waals surface area contributed by atoms with E-state index in [1.165, 1.54) is 5.57 Å². The molecule has 2 bridgehead atoms. The van der Waals surface area contributed by atoms with Crippen LogP contribution in [-0.4, -0.2) is 85.0 Å². The Morgan fingerprint density at radius 2 is 1.80 bits per heavy atom. The van der Waals surface area contributed by atoms with Crippen molar-refractivity contribution < 1.29 is 14.3 Å². The summed E-state index contributed by atoms with van der Waals surface area (Å²) < 4.78 is 5.48. The molecule has 0 aliphatic carbocycles. The molecule has 6 nitrogen and oxygen atoms in total. The first-order chi connectivity index (χ1) is 14.4. The molecule has 4 aliphatic rings. The van der Waals surface area contributed by atoms with Crippen LogP contribution in [0.1, 0.15) is 58.8 Å². The summed E-state index contributed by atoms with van der Waals surface area (Å²) in [7, 11) is 2.14. The highest BCUT2D eigenvalue weighted by atomic mass is 16.5. The van der Waals surface area contributed by atoms with Gasteiger partial charge < -0.3 is 19.4 Å². The summed E-state index contributed by atoms with van der Waals surface area (Å²) in [6, 6.07) is 0.288. The number of hydrogen-bond donors (Lipinski definition) is 0. The number of hydrogen-bond acceptors (Lipinski definition) is 4. The first-order valence-electron chi connectivity index (χ1n) is 11.9. The first kappa shape index (κ1) is 21.8. The molecule has 30 heavy (non-hydrogen) atoms. The van der Waals surface area contributed by atoms with Gasteiger partial charge in [-0.15, -0.1) is 0 Å². The van der Waals surface area contributed by atoms with Crippen LogP contribution in [0.2, 0.25) is 0 Å². The summed E-state index contributed by atoms with van der Waals surface area (Å²) in [5, 5.41) is 0. The van der Waals surface area contributed by atoms with Crippen LogP contribution in [0.5, 0.6) is 0 Å². The van der Waals surface area contributed by atoms with Crippen molar-refractivity contribution in [3.8, 4) is 0 Å². The monoisotopic (exact) mass is 417 g/mol. The molecule has 0 saturated carbocycles. The summed E-state index contributed by atoms with van der Waals surface area (Å²) in [5.41, 5.74) is 0.812. The normalized spacial score (nSPS) is 32.9. The van der Waals surface area contributed by atoms with Crippen molar-refractivity contribution in [2.24, 2.45) is 11.3 Å². The molecule has 6 heteroatoms. The summed E-state index contributed by atoms with van der Waals surface area (Å²) in [5.74, 6) is 0.656. The molecule has 2 amide bonds. The smallest absolute Gasteiger partial charge is 0.231 e. The third kappa shape index (κ3) is 4.05. The molecule has 0 unspecified atom stereocenters. The zero-order valence-corrected chi connectivity index (χ0v) is 19.1. The molecule has 0 aromatic carbocycles. The second-order valence-electron chi connectivity index (χ2n) is 10.2. The summed E-state index contributed by atoms with van der Waals surface area (Å²) in [6.07, 6.45) is 8.52. The number of rotatable bonds is 4. The van der Waals surface area contributed by atoms with E-state index in [2.05, 4.69) is 41.7 Å². The van der Waals surface area contributed by atoms with E-state index >= 15 is 0 Å². The van der Waals surface area contributed by atoms with E-state index in [0.717, 1.165) is 71.1 Å². The van der Waals surface area contributed by atoms with Gasteiger partial charge in [0.25, 0.3) is 0 Å². The lowest BCUT2D eigenvalue weighted by atomic mass is 9.70. The average Bonchev–Trinajstić information content (AvgIpc) is 3.22. The van der Waals surface area contributed by atoms with Gasteiger partial charge in [-0.1, -0.05) is 11.6 Å². The Kier molecular flexibility index (Phi) is 6.54. The van der Waals surface area contributed by atoms with Crippen LogP contribution < -0.4 is 0 Å². The molecule has 0 aromatic rings. The van der Waals surface area contributed by atoms with Crippen LogP contribution in [0.15, 0.2) is 11.6 Å². The lowest BCUT2D eigenvalue weighted by Gasteiger charge is -2.40. The Labute approximate surface area is 181 Å². The van der Waals surface area contributed by atoms with Crippen LogP contribution in [0.25, 0.3) is 0 Å². The maximum absolute atomic E-state index is 14.0. The number of allylic oxidation sites excluding steroid dienone is 2. The summed E-state index contributed by atoms with van der Waals surface area (Å²) >= 11 is 0. The summed E-state index contributed by atoms with van der Waals surface area (Å²) in [6.45, 7) is 9.20. The van der Waals surface area contributed by atoms with Crippen molar-refractivity contribution in [3.05, 3.63) is 11.6 Å². The number of amides is 2. The van der Waals surface area contributed by atoms with Crippen molar-refractivity contribution in [3.63, 3.8) is 0 Å². The van der Waals surface area contributed by atoms with Gasteiger partial charge in [-0.25, -0.2) is 0 Å². The van der Waals surface area contributed by atoms with Gasteiger partial charge in [0, 0.05) is 50.8 Å². The van der Waals surface area contributed by atoms with Gasteiger partial charge in [0.15, 0.2) is 0 Å². The molecule has 0 radical (unpaired) electrons. The van der Waals surface area contributed by atoms with Gasteiger partial charge in [-0.3, -0.25) is 9.59 Å². The summed E-state index contributed by atoms with van der Waals surface area (Å²) in [4.78, 5) is 34.1. The molecule has 4 rings (SSSR count). The molecular formula is C24H39N3O3. The number of carbonyl (C=O) groups is 2. The van der Waals surface area contributed by atoms with Crippen molar-refractivity contribution in [1.82, 2.24) is 14.7 Å². The minimum atomic E-state index is -0.441. The zero-order chi connectivity index (χ0) is 21.3. The molecular weight excluding hydrogens is 378 g/mol. The fourth-order valence-corrected chi connectivity index (χ4v) is 6.16. The van der Waals surface area contributed by atoms with E-state index in [0.29, 0.717) is 19.1 Å². The molecule has 4 aliphatic heterocycles. The lowest BCUT2D eigenvalue weighted by Crippen LogP contribution is -2.52. The van der Waals surface area contributed by atoms with E-state index < -0.39 is 5.41 Å². The van der Waals surface area contributed by atoms with Gasteiger partial charge >= 0.3 is 0 Å². The highest BCUT2D eigenvalue weighted by Crippen LogP contribution is 2.54. The van der Waals surface area contributed by atoms with E-state index in [1.807, 2.05) is 0 Å². The number of fused-ring (bicyclic) bond motifs is 2. The number of likely N-dealkylation sites (N-methyl/N-ethyl adjacent to an activating group) is 1. The van der Waals surface area contributed by atoms with Crippen LogP contribution in [-0.2, 0) is 14.3 Å². The molecule has 0 N–H and O–H groups in total. The van der Waals surface area contributed by atoms with E-state index in [9.17, 15) is 9.59 Å². The fraction of sp³-hybridized carbons (Fsp3) is 0.833. The third-order valence-corrected chi connectivity index (χ3v) is 7.87. The Balaban J connectivity index is 1.60. The predicted molar refractivity (Wildman–Crippen MR) is 117 cm³/mol. The maximum atomic E-state index is 14.0. The van der Waals surface area contributed by atoms with Gasteiger partial charge in [0.2, 0.25) is 11.8 Å². The second kappa shape index (κ2) is 8.99. The van der Waals surface area contributed by atoms with Gasteiger partial charge in [-0.05, 0) is 72.4 Å². The maximum Gasteiger partial charge on any atom is 0.231 e. The number of carbonyl (C=O) groups excluding carboxylic acids is 2. The van der Waals surface area contributed by atoms with Crippen molar-refractivity contribution in [2.75, 3.05) is 46.4 Å². The minimum absolute atomic E-state index is 0.0573. The fourth-order valence-electron chi connectivity index (χ4n) is 6.16. The molecule has 4 heterocycles. The van der Waals surface area contributed by atoms with E-state index in [-0.39, 0.29) is 23.9 Å². The van der Waals surface area contributed by atoms with Crippen molar-refractivity contribution in [2.45, 2.75) is 70.9 Å². The van der Waals surface area contributed by atoms with Crippen LogP contribution in [0.4, 0.5) is 0 Å². The third-order valence-electron chi connectivity index (χ3n) is 7.87. The molecule has 0 aromatic heterocycles. The highest BCUT2D eigenvalue weighted by Gasteiger charge is 2.61. The van der Waals surface area contributed by atoms with Crippen LogP contribution in [0.3, 0.4) is 0 Å². The Morgan fingerprint density at radius 3 is 2.53 bits per heavy atom. The van der Waals surface area contributed by atoms with E-state index in [4.69, 9.17) is 4.74 Å². The minimum Gasteiger partial charge on any atom is -0.381 e. The topological polar surface area (TPSA) is 53.1 Å². The van der Waals surface area contributed by atoms with E-state index in [1.54, 1.807) is 0 Å². The first-order valence-corrected chi connectivity index (χ1v) is 11.9. The number of nitrogens with zero attached hydrogens (tertiary/aromatic N) is 3. The molecule has 168 valence electrons.